The van der Waals surface area contributed by atoms with Crippen LogP contribution >= 0.6 is 0 Å². The molecule has 9 aromatic rings. The lowest BCUT2D eigenvalue weighted by atomic mass is 9.79. The number of carbonyl (C=O) groups excluding carboxylic acids is 4. The average molecular weight is 1040 g/mol. The molecule has 5 aromatic heterocycles. The third-order valence-corrected chi connectivity index (χ3v) is 15.8. The summed E-state index contributed by atoms with van der Waals surface area (Å²) in [7, 11) is 5.13. The number of hydrogen-bond donors (Lipinski definition) is 2. The van der Waals surface area contributed by atoms with Crippen LogP contribution in [0.25, 0.3) is 66.6 Å². The van der Waals surface area contributed by atoms with Gasteiger partial charge < -0.3 is 28.9 Å². The number of carbonyl (C=O) groups is 4. The molecule has 16 heteroatoms. The molecule has 16 nitrogen and oxygen atoms in total. The van der Waals surface area contributed by atoms with E-state index in [9.17, 15) is 19.2 Å². The molecule has 386 valence electrons. The van der Waals surface area contributed by atoms with E-state index in [-0.39, 0.29) is 72.1 Å². The van der Waals surface area contributed by atoms with Gasteiger partial charge in [-0.2, -0.15) is 10.2 Å². The molecule has 9 heterocycles. The van der Waals surface area contributed by atoms with Gasteiger partial charge in [0.05, 0.1) is 75.7 Å². The standard InChI is InChI=1S/C62H50N8O8/c1-75-59(71)51-45-29-37-39(31-69(45)67-57(51)61(73)77-3)55-49(35-21-13-7-14-22-35)43-27-28-44(64-43)50(36-23-15-8-16-24-36)56-40-32-70-46(52(60(72)76-2)58(68-70)62(74)78-4)30-38(40)54(66-56)48(34-19-11-6-12-20-34)42-26-25-41(63-42)47(53(37)65-55)33-17-9-5-10-18-33/h5-28,37-40,63-64H,29-32H2,1-4H3. The fourth-order valence-electron chi connectivity index (χ4n) is 12.4. The Bertz CT molecular complexity index is 3830. The zero-order chi connectivity index (χ0) is 53.3. The number of ether oxygens (including phenoxy) is 4. The highest BCUT2D eigenvalue weighted by Crippen LogP contribution is 2.53. The van der Waals surface area contributed by atoms with E-state index in [1.165, 1.54) is 28.4 Å². The highest BCUT2D eigenvalue weighted by atomic mass is 16.5. The molecule has 4 unspecified atom stereocenters. The van der Waals surface area contributed by atoms with Gasteiger partial charge in [-0.1, -0.05) is 121 Å². The van der Waals surface area contributed by atoms with Crippen LogP contribution in [0.15, 0.2) is 146 Å². The summed E-state index contributed by atoms with van der Waals surface area (Å²) in [5, 5.41) is 9.56. The van der Waals surface area contributed by atoms with E-state index in [1.54, 1.807) is 9.36 Å². The number of benzene rings is 4. The molecule has 0 fully saturated rings. The molecular weight excluding hydrogens is 985 g/mol. The van der Waals surface area contributed by atoms with Gasteiger partial charge in [0.25, 0.3) is 0 Å². The summed E-state index contributed by atoms with van der Waals surface area (Å²) in [6, 6.07) is 49.0. The number of hydrogen-bond acceptors (Lipinski definition) is 12. The van der Waals surface area contributed by atoms with Crippen LogP contribution in [0.1, 0.15) is 99.5 Å². The molecule has 0 aliphatic carbocycles. The van der Waals surface area contributed by atoms with Gasteiger partial charge in [0.1, 0.15) is 11.1 Å². The van der Waals surface area contributed by atoms with E-state index in [4.69, 9.17) is 39.1 Å². The minimum Gasteiger partial charge on any atom is -0.465 e. The van der Waals surface area contributed by atoms with Gasteiger partial charge in [0, 0.05) is 68.0 Å². The summed E-state index contributed by atoms with van der Waals surface area (Å²) in [6.07, 6.45) is 0.577. The third kappa shape index (κ3) is 7.65. The molecule has 4 aliphatic rings. The summed E-state index contributed by atoms with van der Waals surface area (Å²) in [4.78, 5) is 73.9. The molecule has 4 aliphatic heterocycles. The van der Waals surface area contributed by atoms with E-state index in [0.717, 1.165) is 89.4 Å². The summed E-state index contributed by atoms with van der Waals surface area (Å²) in [5.41, 5.74) is 14.5. The lowest BCUT2D eigenvalue weighted by Gasteiger charge is -2.29. The van der Waals surface area contributed by atoms with Crippen LogP contribution in [0, 0.1) is 0 Å². The minimum atomic E-state index is -0.736. The number of nitrogens with zero attached hydrogens (tertiary/aromatic N) is 6. The number of rotatable bonds is 8. The van der Waals surface area contributed by atoms with Crippen LogP contribution in [-0.2, 0) is 44.9 Å². The Morgan fingerprint density at radius 1 is 0.397 bits per heavy atom. The molecule has 0 spiro atoms. The molecule has 78 heavy (non-hydrogen) atoms. The Kier molecular flexibility index (Phi) is 11.8. The van der Waals surface area contributed by atoms with Crippen molar-refractivity contribution in [2.75, 3.05) is 28.4 Å². The maximum absolute atomic E-state index is 13.8. The molecule has 0 radical (unpaired) electrons. The first-order valence-corrected chi connectivity index (χ1v) is 25.7. The molecule has 0 saturated carbocycles. The highest BCUT2D eigenvalue weighted by molar-refractivity contribution is 6.04. The summed E-state index contributed by atoms with van der Waals surface area (Å²) < 4.78 is 24.5. The first kappa shape index (κ1) is 48.0. The van der Waals surface area contributed by atoms with Gasteiger partial charge in [-0.15, -0.1) is 0 Å². The predicted octanol–water partition coefficient (Wildman–Crippen LogP) is 10.8. The van der Waals surface area contributed by atoms with Gasteiger partial charge in [-0.3, -0.25) is 19.3 Å². The number of aromatic nitrogens is 8. The normalized spacial score (nSPS) is 17.0. The Labute approximate surface area is 446 Å². The van der Waals surface area contributed by atoms with E-state index < -0.39 is 23.9 Å². The van der Waals surface area contributed by atoms with Gasteiger partial charge in [0.15, 0.2) is 11.4 Å². The van der Waals surface area contributed by atoms with Crippen LogP contribution < -0.4 is 0 Å². The average Bonchev–Trinajstić information content (AvgIpc) is 4.56. The molecule has 13 rings (SSSR count). The Morgan fingerprint density at radius 2 is 0.679 bits per heavy atom. The first-order chi connectivity index (χ1) is 38.2. The zero-order valence-electron chi connectivity index (χ0n) is 42.9. The second-order valence-corrected chi connectivity index (χ2v) is 19.8. The molecule has 0 saturated heterocycles. The zero-order valence-corrected chi connectivity index (χ0v) is 42.9. The van der Waals surface area contributed by atoms with Crippen LogP contribution in [0.3, 0.4) is 0 Å². The van der Waals surface area contributed by atoms with E-state index in [1.807, 2.05) is 72.8 Å². The summed E-state index contributed by atoms with van der Waals surface area (Å²) in [6.45, 7) is 0.559. The lowest BCUT2D eigenvalue weighted by Crippen LogP contribution is -2.26. The number of methoxy groups -OCH3 is 4. The largest absolute Gasteiger partial charge is 0.465 e. The molecule has 2 N–H and O–H groups in total. The van der Waals surface area contributed by atoms with Gasteiger partial charge >= 0.3 is 23.9 Å². The van der Waals surface area contributed by atoms with Crippen molar-refractivity contribution in [3.8, 4) is 44.5 Å². The van der Waals surface area contributed by atoms with Crippen molar-refractivity contribution in [1.29, 1.82) is 0 Å². The SMILES string of the molecule is COC(=O)c1nn2c(c1C(=O)OC)CC1c3nc(c(-c4ccccc4)c4ccc([nH]4)c(-c4ccccc4)c4nc(c(-c5ccccc5)c5ccc([nH]5)c3-c3ccccc3)C3Cc5c(C(=O)OC)c(C(=O)OC)nn5CC43)C1C2. The second kappa shape index (κ2) is 19.1. The van der Waals surface area contributed by atoms with Crippen molar-refractivity contribution in [1.82, 2.24) is 39.5 Å². The third-order valence-electron chi connectivity index (χ3n) is 15.8. The van der Waals surface area contributed by atoms with Gasteiger partial charge in [-0.25, -0.2) is 19.2 Å². The smallest absolute Gasteiger partial charge is 0.359 e. The van der Waals surface area contributed by atoms with Crippen LogP contribution in [0.5, 0.6) is 0 Å². The maximum Gasteiger partial charge on any atom is 0.359 e. The van der Waals surface area contributed by atoms with Gasteiger partial charge in [0.2, 0.25) is 0 Å². The fraction of sp³-hybridized carbons (Fsp3) is 0.194. The first-order valence-electron chi connectivity index (χ1n) is 25.7. The highest BCUT2D eigenvalue weighted by Gasteiger charge is 2.46. The Morgan fingerprint density at radius 3 is 0.962 bits per heavy atom. The quantitative estimate of drug-likeness (QED) is 0.108. The van der Waals surface area contributed by atoms with Gasteiger partial charge in [-0.05, 0) is 59.4 Å². The van der Waals surface area contributed by atoms with E-state index >= 15 is 0 Å². The lowest BCUT2D eigenvalue weighted by molar-refractivity contribution is 0.0551. The Balaban J connectivity index is 1.20. The van der Waals surface area contributed by atoms with Crippen LogP contribution in [-0.4, -0.2) is 91.8 Å². The van der Waals surface area contributed by atoms with E-state index in [0.29, 0.717) is 11.4 Å². The number of fused-ring (bicyclic) bond motifs is 16. The van der Waals surface area contributed by atoms with Crippen molar-refractivity contribution in [2.24, 2.45) is 0 Å². The number of aromatic amines is 2. The van der Waals surface area contributed by atoms with Crippen molar-refractivity contribution in [3.63, 3.8) is 0 Å². The number of H-pyrrole nitrogens is 2. The molecule has 4 aromatic carbocycles. The topological polar surface area (TPSA) is 198 Å². The van der Waals surface area contributed by atoms with Crippen molar-refractivity contribution in [3.05, 3.63) is 202 Å². The Hall–Kier alpha value is -9.70. The molecular formula is C62H50N8O8. The molecule has 8 bridgehead atoms. The van der Waals surface area contributed by atoms with Crippen LogP contribution in [0.4, 0.5) is 0 Å². The molecule has 0 amide bonds. The van der Waals surface area contributed by atoms with Crippen molar-refractivity contribution in [2.45, 2.75) is 49.6 Å². The number of esters is 4. The van der Waals surface area contributed by atoms with Crippen LogP contribution in [0.2, 0.25) is 0 Å². The predicted molar refractivity (Wildman–Crippen MR) is 291 cm³/mol. The minimum absolute atomic E-state index is 0.0717. The van der Waals surface area contributed by atoms with E-state index in [2.05, 4.69) is 82.8 Å². The monoisotopic (exact) mass is 1030 g/mol. The van der Waals surface area contributed by atoms with Crippen molar-refractivity contribution >= 4 is 45.9 Å². The summed E-state index contributed by atoms with van der Waals surface area (Å²) in [5.74, 6) is -4.14. The van der Waals surface area contributed by atoms with Crippen molar-refractivity contribution < 1.29 is 38.1 Å². The maximum atomic E-state index is 13.8. The second-order valence-electron chi connectivity index (χ2n) is 19.8. The fourth-order valence-corrected chi connectivity index (χ4v) is 12.4. The molecule has 4 atom stereocenters. The summed E-state index contributed by atoms with van der Waals surface area (Å²) >= 11 is 0. The number of nitrogens with one attached hydrogen (secondary N) is 2.